The number of carbonyl (C=O) groups excluding carboxylic acids is 1. The highest BCUT2D eigenvalue weighted by Crippen LogP contribution is 2.25. The monoisotopic (exact) mass is 383 g/mol. The van der Waals surface area contributed by atoms with Crippen LogP contribution in [0.4, 0.5) is 4.39 Å². The Labute approximate surface area is 162 Å². The third kappa shape index (κ3) is 5.08. The van der Waals surface area contributed by atoms with Crippen LogP contribution in [-0.4, -0.2) is 5.91 Å². The van der Waals surface area contributed by atoms with E-state index >= 15 is 0 Å². The van der Waals surface area contributed by atoms with Crippen molar-refractivity contribution in [2.75, 3.05) is 0 Å². The molecule has 0 fully saturated rings. The van der Waals surface area contributed by atoms with Crippen LogP contribution in [0.5, 0.6) is 5.75 Å². The van der Waals surface area contributed by atoms with Crippen LogP contribution in [-0.2, 0) is 6.61 Å². The molecule has 0 bridgehead atoms. The van der Waals surface area contributed by atoms with Crippen molar-refractivity contribution in [1.82, 2.24) is 5.32 Å². The predicted molar refractivity (Wildman–Crippen MR) is 105 cm³/mol. The fraction of sp³-hybridized carbons (Fsp3) is 0.136. The largest absolute Gasteiger partial charge is 0.488 e. The molecule has 27 heavy (non-hydrogen) atoms. The number of amides is 1. The van der Waals surface area contributed by atoms with Gasteiger partial charge in [-0.2, -0.15) is 0 Å². The summed E-state index contributed by atoms with van der Waals surface area (Å²) in [4.78, 5) is 12.8. The van der Waals surface area contributed by atoms with Gasteiger partial charge in [-0.15, -0.1) is 0 Å². The van der Waals surface area contributed by atoms with Crippen molar-refractivity contribution in [2.45, 2.75) is 19.6 Å². The van der Waals surface area contributed by atoms with E-state index in [2.05, 4.69) is 5.32 Å². The topological polar surface area (TPSA) is 38.3 Å². The summed E-state index contributed by atoms with van der Waals surface area (Å²) in [7, 11) is 0. The molecule has 0 radical (unpaired) electrons. The number of hydrogen-bond acceptors (Lipinski definition) is 2. The molecule has 1 N–H and O–H groups in total. The zero-order valence-corrected chi connectivity index (χ0v) is 15.5. The molecule has 0 aliphatic heterocycles. The summed E-state index contributed by atoms with van der Waals surface area (Å²) in [6.45, 7) is 2.18. The minimum absolute atomic E-state index is 0.293. The number of halogens is 2. The summed E-state index contributed by atoms with van der Waals surface area (Å²) < 4.78 is 18.9. The van der Waals surface area contributed by atoms with Crippen molar-refractivity contribution in [3.63, 3.8) is 0 Å². The van der Waals surface area contributed by atoms with Gasteiger partial charge in [0.25, 0.3) is 5.91 Å². The van der Waals surface area contributed by atoms with Gasteiger partial charge in [0.2, 0.25) is 0 Å². The van der Waals surface area contributed by atoms with Crippen LogP contribution in [0.25, 0.3) is 0 Å². The molecule has 138 valence electrons. The molecule has 0 heterocycles. The van der Waals surface area contributed by atoms with Crippen LogP contribution in [0.1, 0.15) is 34.5 Å². The van der Waals surface area contributed by atoms with Gasteiger partial charge in [0.1, 0.15) is 18.2 Å². The number of hydrogen-bond donors (Lipinski definition) is 1. The van der Waals surface area contributed by atoms with Gasteiger partial charge in [-0.25, -0.2) is 4.39 Å². The Balaban J connectivity index is 1.75. The van der Waals surface area contributed by atoms with Crippen LogP contribution in [0.3, 0.4) is 0 Å². The van der Waals surface area contributed by atoms with Gasteiger partial charge in [0.15, 0.2) is 0 Å². The highest BCUT2D eigenvalue weighted by molar-refractivity contribution is 6.31. The van der Waals surface area contributed by atoms with Gasteiger partial charge in [0.05, 0.1) is 11.6 Å². The molecule has 0 aliphatic carbocycles. The van der Waals surface area contributed by atoms with Crippen molar-refractivity contribution < 1.29 is 13.9 Å². The van der Waals surface area contributed by atoms with Crippen molar-refractivity contribution >= 4 is 17.5 Å². The smallest absolute Gasteiger partial charge is 0.255 e. The Morgan fingerprint density at radius 3 is 2.48 bits per heavy atom. The molecular formula is C22H19ClFNO2. The fourth-order valence-electron chi connectivity index (χ4n) is 2.65. The first kappa shape index (κ1) is 18.9. The van der Waals surface area contributed by atoms with Gasteiger partial charge in [-0.05, 0) is 48.4 Å². The molecule has 0 aliphatic rings. The highest BCUT2D eigenvalue weighted by atomic mass is 35.5. The zero-order chi connectivity index (χ0) is 19.2. The molecule has 0 spiro atoms. The number of carbonyl (C=O) groups is 1. The fourth-order valence-corrected chi connectivity index (χ4v) is 2.82. The Kier molecular flexibility index (Phi) is 6.09. The van der Waals surface area contributed by atoms with E-state index in [-0.39, 0.29) is 17.8 Å². The number of rotatable bonds is 6. The molecule has 3 nitrogen and oxygen atoms in total. The predicted octanol–water partition coefficient (Wildman–Crippen LogP) is 5.55. The highest BCUT2D eigenvalue weighted by Gasteiger charge is 2.17. The van der Waals surface area contributed by atoms with Gasteiger partial charge in [-0.3, -0.25) is 4.79 Å². The second-order valence-corrected chi connectivity index (χ2v) is 6.60. The molecule has 1 amide bonds. The molecule has 3 aromatic carbocycles. The lowest BCUT2D eigenvalue weighted by atomic mass is 10.1. The molecule has 0 saturated heterocycles. The van der Waals surface area contributed by atoms with Crippen molar-refractivity contribution in [3.05, 3.63) is 100 Å². The second-order valence-electron chi connectivity index (χ2n) is 6.16. The summed E-state index contributed by atoms with van der Waals surface area (Å²) in [5.41, 5.74) is 2.16. The van der Waals surface area contributed by atoms with E-state index in [9.17, 15) is 9.18 Å². The molecular weight excluding hydrogens is 365 g/mol. The van der Waals surface area contributed by atoms with Crippen molar-refractivity contribution in [3.8, 4) is 5.75 Å². The van der Waals surface area contributed by atoms with E-state index in [1.54, 1.807) is 30.3 Å². The maximum absolute atomic E-state index is 13.1. The maximum atomic E-state index is 13.1. The average molecular weight is 384 g/mol. The van der Waals surface area contributed by atoms with Crippen LogP contribution in [0.15, 0.2) is 72.8 Å². The Hall–Kier alpha value is -2.85. The summed E-state index contributed by atoms with van der Waals surface area (Å²) >= 11 is 6.07. The normalized spacial score (nSPS) is 11.7. The lowest BCUT2D eigenvalue weighted by Gasteiger charge is -2.17. The van der Waals surface area contributed by atoms with Crippen molar-refractivity contribution in [1.29, 1.82) is 0 Å². The van der Waals surface area contributed by atoms with E-state index in [0.29, 0.717) is 22.9 Å². The molecule has 3 aromatic rings. The zero-order valence-electron chi connectivity index (χ0n) is 14.8. The summed E-state index contributed by atoms with van der Waals surface area (Å²) in [6.07, 6.45) is 0. The van der Waals surface area contributed by atoms with Crippen LogP contribution < -0.4 is 10.1 Å². The van der Waals surface area contributed by atoms with Crippen molar-refractivity contribution in [2.24, 2.45) is 0 Å². The standard InChI is InChI=1S/C22H19ClFNO2/c1-15(17-7-10-19(24)11-8-17)25-22(26)20-13-18(23)9-12-21(20)27-14-16-5-3-2-4-6-16/h2-13,15H,14H2,1H3,(H,25,26)/t15-/m1/s1. The van der Waals surface area contributed by atoms with Gasteiger partial charge >= 0.3 is 0 Å². The number of ether oxygens (including phenoxy) is 1. The first-order valence-corrected chi connectivity index (χ1v) is 8.93. The third-order valence-corrected chi connectivity index (χ3v) is 4.38. The quantitative estimate of drug-likeness (QED) is 0.606. The molecule has 5 heteroatoms. The molecule has 1 atom stereocenters. The SMILES string of the molecule is C[C@@H](NC(=O)c1cc(Cl)ccc1OCc1ccccc1)c1ccc(F)cc1. The van der Waals surface area contributed by atoms with E-state index in [1.165, 1.54) is 12.1 Å². The van der Waals surface area contributed by atoms with E-state index in [1.807, 2.05) is 37.3 Å². The molecule has 3 rings (SSSR count). The summed E-state index contributed by atoms with van der Waals surface area (Å²) in [5.74, 6) is -0.173. The van der Waals surface area contributed by atoms with Gasteiger partial charge in [-0.1, -0.05) is 54.1 Å². The Morgan fingerprint density at radius 2 is 1.78 bits per heavy atom. The summed E-state index contributed by atoms with van der Waals surface area (Å²) in [6, 6.07) is 20.4. The van der Waals surface area contributed by atoms with E-state index < -0.39 is 0 Å². The molecule has 0 unspecified atom stereocenters. The molecule has 0 aromatic heterocycles. The molecule has 0 saturated carbocycles. The lowest BCUT2D eigenvalue weighted by molar-refractivity contribution is 0.0935. The Morgan fingerprint density at radius 1 is 1.07 bits per heavy atom. The first-order chi connectivity index (χ1) is 13.0. The van der Waals surface area contributed by atoms with E-state index in [0.717, 1.165) is 11.1 Å². The lowest BCUT2D eigenvalue weighted by Crippen LogP contribution is -2.27. The number of benzene rings is 3. The van der Waals surface area contributed by atoms with E-state index in [4.69, 9.17) is 16.3 Å². The first-order valence-electron chi connectivity index (χ1n) is 8.55. The second kappa shape index (κ2) is 8.69. The van der Waals surface area contributed by atoms with Crippen LogP contribution in [0.2, 0.25) is 5.02 Å². The minimum Gasteiger partial charge on any atom is -0.488 e. The maximum Gasteiger partial charge on any atom is 0.255 e. The minimum atomic E-state index is -0.316. The van der Waals surface area contributed by atoms with Crippen LogP contribution >= 0.6 is 11.6 Å². The van der Waals surface area contributed by atoms with Gasteiger partial charge in [0, 0.05) is 5.02 Å². The third-order valence-electron chi connectivity index (χ3n) is 4.14. The number of nitrogens with one attached hydrogen (secondary N) is 1. The van der Waals surface area contributed by atoms with Crippen LogP contribution in [0, 0.1) is 5.82 Å². The Bertz CT molecular complexity index is 913. The average Bonchev–Trinajstić information content (AvgIpc) is 2.68. The summed E-state index contributed by atoms with van der Waals surface area (Å²) in [5, 5.41) is 3.34. The van der Waals surface area contributed by atoms with Gasteiger partial charge < -0.3 is 10.1 Å².